The minimum absolute atomic E-state index is 0.323. The van der Waals surface area contributed by atoms with Gasteiger partial charge in [0.2, 0.25) is 5.16 Å². The molecule has 1 aromatic carbocycles. The Morgan fingerprint density at radius 2 is 2.00 bits per heavy atom. The highest BCUT2D eigenvalue weighted by atomic mass is 32.2. The molecule has 3 aromatic rings. The highest BCUT2D eigenvalue weighted by Crippen LogP contribution is 2.29. The van der Waals surface area contributed by atoms with Crippen LogP contribution >= 0.6 is 11.8 Å². The molecule has 0 spiro atoms. The predicted molar refractivity (Wildman–Crippen MR) is 88.9 cm³/mol. The molecule has 0 aliphatic carbocycles. The molecule has 0 unspecified atom stereocenters. The summed E-state index contributed by atoms with van der Waals surface area (Å²) in [4.78, 5) is 3.76. The standard InChI is InChI=1S/C16H12FN5OS/c1-23-11-4-2-10(3-5-11)14-9-24-16-20-19-15(22(16)21-14)12-6-7-18-8-13(12)17/h2-8H,9H2,1H3. The first-order chi connectivity index (χ1) is 11.8. The largest absolute Gasteiger partial charge is 0.497 e. The van der Waals surface area contributed by atoms with Gasteiger partial charge < -0.3 is 4.74 Å². The zero-order chi connectivity index (χ0) is 16.5. The zero-order valence-corrected chi connectivity index (χ0v) is 13.5. The van der Waals surface area contributed by atoms with E-state index in [9.17, 15) is 4.39 Å². The third kappa shape index (κ3) is 2.54. The third-order valence-electron chi connectivity index (χ3n) is 3.61. The first kappa shape index (κ1) is 14.8. The summed E-state index contributed by atoms with van der Waals surface area (Å²) >= 11 is 1.51. The number of methoxy groups -OCH3 is 1. The normalized spacial score (nSPS) is 13.3. The summed E-state index contributed by atoms with van der Waals surface area (Å²) in [6, 6.07) is 9.22. The highest BCUT2D eigenvalue weighted by Gasteiger charge is 2.22. The number of fused-ring (bicyclic) bond motifs is 1. The van der Waals surface area contributed by atoms with Gasteiger partial charge in [-0.25, -0.2) is 4.39 Å². The van der Waals surface area contributed by atoms with Gasteiger partial charge in [-0.05, 0) is 35.9 Å². The van der Waals surface area contributed by atoms with Gasteiger partial charge in [0.1, 0.15) is 5.75 Å². The first-order valence-corrected chi connectivity index (χ1v) is 8.15. The second kappa shape index (κ2) is 6.04. The van der Waals surface area contributed by atoms with Crippen molar-refractivity contribution < 1.29 is 9.13 Å². The Hall–Kier alpha value is -2.74. The second-order valence-corrected chi connectivity index (χ2v) is 5.98. The van der Waals surface area contributed by atoms with Crippen LogP contribution in [0.4, 0.5) is 4.39 Å². The summed E-state index contributed by atoms with van der Waals surface area (Å²) in [6.07, 6.45) is 2.67. The Kier molecular flexibility index (Phi) is 3.73. The smallest absolute Gasteiger partial charge is 0.212 e. The molecule has 4 rings (SSSR count). The van der Waals surface area contributed by atoms with E-state index in [4.69, 9.17) is 4.74 Å². The van der Waals surface area contributed by atoms with Crippen molar-refractivity contribution in [3.8, 4) is 17.1 Å². The van der Waals surface area contributed by atoms with E-state index in [1.165, 1.54) is 18.0 Å². The average molecular weight is 341 g/mol. The SMILES string of the molecule is COc1ccc(C2=Nn3c(nnc3-c3ccncc3F)SC2)cc1. The molecule has 1 aliphatic rings. The number of ether oxygens (including phenoxy) is 1. The van der Waals surface area contributed by atoms with Crippen LogP contribution in [0.1, 0.15) is 5.56 Å². The van der Waals surface area contributed by atoms with Crippen LogP contribution in [0.25, 0.3) is 11.4 Å². The van der Waals surface area contributed by atoms with E-state index in [0.29, 0.717) is 22.3 Å². The molecule has 0 fully saturated rings. The molecule has 0 saturated carbocycles. The molecule has 8 heteroatoms. The van der Waals surface area contributed by atoms with Crippen molar-refractivity contribution in [3.05, 3.63) is 54.1 Å². The second-order valence-electron chi connectivity index (χ2n) is 5.04. The summed E-state index contributed by atoms with van der Waals surface area (Å²) in [5.41, 5.74) is 2.17. The number of nitrogens with zero attached hydrogens (tertiary/aromatic N) is 5. The van der Waals surface area contributed by atoms with Gasteiger partial charge >= 0.3 is 0 Å². The van der Waals surface area contributed by atoms with E-state index < -0.39 is 5.82 Å². The maximum Gasteiger partial charge on any atom is 0.212 e. The van der Waals surface area contributed by atoms with Crippen LogP contribution in [-0.4, -0.2) is 38.4 Å². The maximum absolute atomic E-state index is 14.0. The van der Waals surface area contributed by atoms with Crippen LogP contribution in [0, 0.1) is 5.82 Å². The highest BCUT2D eigenvalue weighted by molar-refractivity contribution is 7.99. The Morgan fingerprint density at radius 1 is 1.17 bits per heavy atom. The van der Waals surface area contributed by atoms with Gasteiger partial charge in [-0.3, -0.25) is 4.98 Å². The predicted octanol–water partition coefficient (Wildman–Crippen LogP) is 2.85. The van der Waals surface area contributed by atoms with Gasteiger partial charge in [0.15, 0.2) is 11.6 Å². The van der Waals surface area contributed by atoms with Gasteiger partial charge in [0.25, 0.3) is 0 Å². The first-order valence-electron chi connectivity index (χ1n) is 7.16. The number of pyridine rings is 1. The maximum atomic E-state index is 14.0. The molecule has 0 saturated heterocycles. The van der Waals surface area contributed by atoms with E-state index in [2.05, 4.69) is 20.3 Å². The zero-order valence-electron chi connectivity index (χ0n) is 12.7. The van der Waals surface area contributed by atoms with Crippen molar-refractivity contribution in [2.24, 2.45) is 5.10 Å². The summed E-state index contributed by atoms with van der Waals surface area (Å²) < 4.78 is 20.8. The van der Waals surface area contributed by atoms with Crippen molar-refractivity contribution in [3.63, 3.8) is 0 Å². The quantitative estimate of drug-likeness (QED) is 0.733. The molecule has 1 aliphatic heterocycles. The van der Waals surface area contributed by atoms with E-state index >= 15 is 0 Å². The van der Waals surface area contributed by atoms with Crippen LogP contribution in [0.15, 0.2) is 53.0 Å². The lowest BCUT2D eigenvalue weighted by molar-refractivity contribution is 0.415. The Morgan fingerprint density at radius 3 is 2.75 bits per heavy atom. The number of halogens is 1. The average Bonchev–Trinajstić information content (AvgIpc) is 3.05. The fourth-order valence-corrected chi connectivity index (χ4v) is 3.22. The van der Waals surface area contributed by atoms with Crippen molar-refractivity contribution in [1.82, 2.24) is 19.9 Å². The summed E-state index contributed by atoms with van der Waals surface area (Å²) in [5.74, 6) is 1.36. The number of thioether (sulfide) groups is 1. The van der Waals surface area contributed by atoms with Gasteiger partial charge in [-0.2, -0.15) is 9.78 Å². The number of benzene rings is 1. The number of hydrogen-bond acceptors (Lipinski definition) is 6. The lowest BCUT2D eigenvalue weighted by Crippen LogP contribution is -2.14. The van der Waals surface area contributed by atoms with Crippen molar-refractivity contribution in [1.29, 1.82) is 0 Å². The fourth-order valence-electron chi connectivity index (χ4n) is 2.38. The fraction of sp³-hybridized carbons (Fsp3) is 0.125. The van der Waals surface area contributed by atoms with E-state index in [1.54, 1.807) is 17.9 Å². The summed E-state index contributed by atoms with van der Waals surface area (Å²) in [5, 5.41) is 13.4. The number of hydrogen-bond donors (Lipinski definition) is 0. The summed E-state index contributed by atoms with van der Waals surface area (Å²) in [6.45, 7) is 0. The topological polar surface area (TPSA) is 65.2 Å². The lowest BCUT2D eigenvalue weighted by Gasteiger charge is -2.14. The number of rotatable bonds is 3. The number of aromatic nitrogens is 4. The van der Waals surface area contributed by atoms with Gasteiger partial charge in [-0.1, -0.05) is 11.8 Å². The van der Waals surface area contributed by atoms with E-state index in [0.717, 1.165) is 23.2 Å². The minimum Gasteiger partial charge on any atom is -0.497 e. The molecular weight excluding hydrogens is 329 g/mol. The minimum atomic E-state index is -0.454. The molecule has 3 heterocycles. The molecule has 24 heavy (non-hydrogen) atoms. The van der Waals surface area contributed by atoms with Crippen molar-refractivity contribution in [2.45, 2.75) is 5.16 Å². The molecular formula is C16H12FN5OS. The van der Waals surface area contributed by atoms with Crippen LogP contribution in [0.2, 0.25) is 0 Å². The molecule has 6 nitrogen and oxygen atoms in total. The van der Waals surface area contributed by atoms with Crippen LogP contribution in [0.5, 0.6) is 5.75 Å². The van der Waals surface area contributed by atoms with E-state index in [1.807, 2.05) is 24.3 Å². The van der Waals surface area contributed by atoms with Crippen molar-refractivity contribution >= 4 is 17.5 Å². The molecule has 2 aromatic heterocycles. The Bertz CT molecular complexity index is 922. The van der Waals surface area contributed by atoms with Crippen LogP contribution < -0.4 is 4.74 Å². The van der Waals surface area contributed by atoms with Crippen LogP contribution in [0.3, 0.4) is 0 Å². The monoisotopic (exact) mass is 341 g/mol. The van der Waals surface area contributed by atoms with Crippen LogP contribution in [-0.2, 0) is 0 Å². The molecule has 0 atom stereocenters. The van der Waals surface area contributed by atoms with Gasteiger partial charge in [-0.15, -0.1) is 10.2 Å². The molecule has 0 N–H and O–H groups in total. The lowest BCUT2D eigenvalue weighted by atomic mass is 10.1. The van der Waals surface area contributed by atoms with Crippen molar-refractivity contribution in [2.75, 3.05) is 12.9 Å². The van der Waals surface area contributed by atoms with Gasteiger partial charge in [0, 0.05) is 11.9 Å². The van der Waals surface area contributed by atoms with Gasteiger partial charge in [0.05, 0.1) is 24.6 Å². The third-order valence-corrected chi connectivity index (χ3v) is 4.54. The Balaban J connectivity index is 1.77. The Labute approximate surface area is 141 Å². The molecule has 0 radical (unpaired) electrons. The summed E-state index contributed by atoms with van der Waals surface area (Å²) in [7, 11) is 1.63. The molecule has 120 valence electrons. The molecule has 0 bridgehead atoms. The molecule has 0 amide bonds. The van der Waals surface area contributed by atoms with E-state index in [-0.39, 0.29) is 0 Å².